The molecule has 2 rings (SSSR count). The molecule has 0 amide bonds. The molecule has 0 saturated heterocycles. The second kappa shape index (κ2) is 5.71. The van der Waals surface area contributed by atoms with Crippen LogP contribution in [-0.2, 0) is 17.8 Å². The standard InChI is InChI=1S/C13H16N2O4/c1-8-5-15-12(18-8)7-14-6-10-4-11(9(2)19-10)13(16)17-3/h4-5,14H,6-7H2,1-3H3. The maximum atomic E-state index is 11.4. The number of methoxy groups -OCH3 is 1. The zero-order chi connectivity index (χ0) is 13.8. The number of nitrogens with one attached hydrogen (secondary N) is 1. The molecule has 0 unspecified atom stereocenters. The lowest BCUT2D eigenvalue weighted by Crippen LogP contribution is -2.12. The summed E-state index contributed by atoms with van der Waals surface area (Å²) >= 11 is 0. The summed E-state index contributed by atoms with van der Waals surface area (Å²) in [6, 6.07) is 1.68. The highest BCUT2D eigenvalue weighted by Gasteiger charge is 2.15. The summed E-state index contributed by atoms with van der Waals surface area (Å²) in [4.78, 5) is 15.5. The van der Waals surface area contributed by atoms with E-state index < -0.39 is 5.97 Å². The highest BCUT2D eigenvalue weighted by molar-refractivity contribution is 5.90. The summed E-state index contributed by atoms with van der Waals surface area (Å²) < 4.78 is 15.5. The highest BCUT2D eigenvalue weighted by Crippen LogP contribution is 2.15. The Labute approximate surface area is 110 Å². The molecule has 0 aliphatic heterocycles. The van der Waals surface area contributed by atoms with Crippen LogP contribution < -0.4 is 5.32 Å². The molecule has 1 N–H and O–H groups in total. The molecule has 19 heavy (non-hydrogen) atoms. The summed E-state index contributed by atoms with van der Waals surface area (Å²) in [7, 11) is 1.34. The van der Waals surface area contributed by atoms with Gasteiger partial charge >= 0.3 is 5.97 Å². The van der Waals surface area contributed by atoms with Gasteiger partial charge in [-0.1, -0.05) is 0 Å². The summed E-state index contributed by atoms with van der Waals surface area (Å²) in [5, 5.41) is 3.13. The number of oxazole rings is 1. The van der Waals surface area contributed by atoms with E-state index in [1.165, 1.54) is 7.11 Å². The van der Waals surface area contributed by atoms with Crippen molar-refractivity contribution in [3.8, 4) is 0 Å². The summed E-state index contributed by atoms with van der Waals surface area (Å²) in [6.07, 6.45) is 1.67. The average molecular weight is 264 g/mol. The Balaban J connectivity index is 1.91. The van der Waals surface area contributed by atoms with Crippen LogP contribution in [0.5, 0.6) is 0 Å². The molecule has 0 spiro atoms. The number of hydrogen-bond acceptors (Lipinski definition) is 6. The van der Waals surface area contributed by atoms with E-state index in [2.05, 4.69) is 15.0 Å². The van der Waals surface area contributed by atoms with E-state index in [1.54, 1.807) is 19.2 Å². The number of furan rings is 1. The van der Waals surface area contributed by atoms with Crippen LogP contribution in [0.3, 0.4) is 0 Å². The number of carbonyl (C=O) groups excluding carboxylic acids is 1. The van der Waals surface area contributed by atoms with Gasteiger partial charge in [0.15, 0.2) is 0 Å². The molecule has 0 aliphatic rings. The van der Waals surface area contributed by atoms with Crippen LogP contribution in [0.1, 0.15) is 33.5 Å². The first-order valence-corrected chi connectivity index (χ1v) is 5.90. The normalized spacial score (nSPS) is 10.7. The number of nitrogens with zero attached hydrogens (tertiary/aromatic N) is 1. The fraction of sp³-hybridized carbons (Fsp3) is 0.385. The molecule has 0 aromatic carbocycles. The number of aromatic nitrogens is 1. The molecule has 0 fully saturated rings. The zero-order valence-corrected chi connectivity index (χ0v) is 11.1. The predicted octanol–water partition coefficient (Wildman–Crippen LogP) is 1.96. The minimum Gasteiger partial charge on any atom is -0.465 e. The van der Waals surface area contributed by atoms with E-state index in [-0.39, 0.29) is 0 Å². The van der Waals surface area contributed by atoms with Crippen LogP contribution in [0.4, 0.5) is 0 Å². The van der Waals surface area contributed by atoms with Gasteiger partial charge in [0.1, 0.15) is 22.8 Å². The van der Waals surface area contributed by atoms with Crippen molar-refractivity contribution in [1.29, 1.82) is 0 Å². The summed E-state index contributed by atoms with van der Waals surface area (Å²) in [5.41, 5.74) is 0.450. The lowest BCUT2D eigenvalue weighted by Gasteiger charge is -1.98. The van der Waals surface area contributed by atoms with Crippen molar-refractivity contribution in [3.05, 3.63) is 41.0 Å². The van der Waals surface area contributed by atoms with E-state index in [4.69, 9.17) is 8.83 Å². The summed E-state index contributed by atoms with van der Waals surface area (Å²) in [6.45, 7) is 4.56. The number of esters is 1. The van der Waals surface area contributed by atoms with Gasteiger partial charge in [0.25, 0.3) is 0 Å². The minimum absolute atomic E-state index is 0.393. The van der Waals surface area contributed by atoms with Gasteiger partial charge in [-0.3, -0.25) is 0 Å². The third-order valence-electron chi connectivity index (χ3n) is 2.62. The number of carbonyl (C=O) groups is 1. The smallest absolute Gasteiger partial charge is 0.341 e. The van der Waals surface area contributed by atoms with E-state index in [0.717, 1.165) is 5.76 Å². The Kier molecular flexibility index (Phi) is 4.01. The van der Waals surface area contributed by atoms with Crippen molar-refractivity contribution >= 4 is 5.97 Å². The molecular formula is C13H16N2O4. The maximum absolute atomic E-state index is 11.4. The van der Waals surface area contributed by atoms with Crippen molar-refractivity contribution in [2.45, 2.75) is 26.9 Å². The first-order valence-electron chi connectivity index (χ1n) is 5.90. The van der Waals surface area contributed by atoms with Gasteiger partial charge < -0.3 is 18.9 Å². The quantitative estimate of drug-likeness (QED) is 0.832. The number of hydrogen-bond donors (Lipinski definition) is 1. The topological polar surface area (TPSA) is 77.5 Å². The summed E-state index contributed by atoms with van der Waals surface area (Å²) in [5.74, 6) is 2.22. The lowest BCUT2D eigenvalue weighted by molar-refractivity contribution is 0.0599. The van der Waals surface area contributed by atoms with Gasteiger partial charge in [-0.05, 0) is 19.9 Å². The Morgan fingerprint density at radius 2 is 2.16 bits per heavy atom. The van der Waals surface area contributed by atoms with Gasteiger partial charge in [-0.2, -0.15) is 0 Å². The number of ether oxygens (including phenoxy) is 1. The van der Waals surface area contributed by atoms with E-state index in [0.29, 0.717) is 36.1 Å². The number of aryl methyl sites for hydroxylation is 2. The minimum atomic E-state index is -0.393. The van der Waals surface area contributed by atoms with Crippen LogP contribution in [0.2, 0.25) is 0 Å². The first-order chi connectivity index (χ1) is 9.10. The third-order valence-corrected chi connectivity index (χ3v) is 2.62. The highest BCUT2D eigenvalue weighted by atomic mass is 16.5. The monoisotopic (exact) mass is 264 g/mol. The van der Waals surface area contributed by atoms with Crippen LogP contribution in [0, 0.1) is 13.8 Å². The molecular weight excluding hydrogens is 248 g/mol. The molecule has 0 aliphatic carbocycles. The number of rotatable bonds is 5. The zero-order valence-electron chi connectivity index (χ0n) is 11.1. The molecule has 0 saturated carbocycles. The molecule has 6 heteroatoms. The van der Waals surface area contributed by atoms with E-state index >= 15 is 0 Å². The van der Waals surface area contributed by atoms with E-state index in [9.17, 15) is 4.79 Å². The average Bonchev–Trinajstić information content (AvgIpc) is 2.95. The molecule has 2 aromatic rings. The second-order valence-corrected chi connectivity index (χ2v) is 4.14. The Morgan fingerprint density at radius 1 is 1.37 bits per heavy atom. The van der Waals surface area contributed by atoms with E-state index in [1.807, 2.05) is 6.92 Å². The van der Waals surface area contributed by atoms with Gasteiger partial charge in [0, 0.05) is 0 Å². The van der Waals surface area contributed by atoms with Crippen LogP contribution in [0.25, 0.3) is 0 Å². The van der Waals surface area contributed by atoms with Crippen molar-refractivity contribution < 1.29 is 18.4 Å². The lowest BCUT2D eigenvalue weighted by atomic mass is 10.2. The largest absolute Gasteiger partial charge is 0.465 e. The fourth-order valence-corrected chi connectivity index (χ4v) is 1.72. The molecule has 0 bridgehead atoms. The molecule has 2 aromatic heterocycles. The fourth-order valence-electron chi connectivity index (χ4n) is 1.72. The van der Waals surface area contributed by atoms with Crippen LogP contribution in [-0.4, -0.2) is 18.1 Å². The Hall–Kier alpha value is -2.08. The third kappa shape index (κ3) is 3.23. The van der Waals surface area contributed by atoms with Gasteiger partial charge in [0.05, 0.1) is 26.4 Å². The first kappa shape index (κ1) is 13.4. The predicted molar refractivity (Wildman–Crippen MR) is 66.6 cm³/mol. The molecule has 102 valence electrons. The van der Waals surface area contributed by atoms with Crippen molar-refractivity contribution in [1.82, 2.24) is 10.3 Å². The Morgan fingerprint density at radius 3 is 2.79 bits per heavy atom. The van der Waals surface area contributed by atoms with Crippen LogP contribution in [0.15, 0.2) is 21.1 Å². The van der Waals surface area contributed by atoms with Crippen molar-refractivity contribution in [2.24, 2.45) is 0 Å². The second-order valence-electron chi connectivity index (χ2n) is 4.14. The van der Waals surface area contributed by atoms with Crippen molar-refractivity contribution in [2.75, 3.05) is 7.11 Å². The van der Waals surface area contributed by atoms with Crippen LogP contribution >= 0.6 is 0 Å². The molecule has 0 radical (unpaired) electrons. The van der Waals surface area contributed by atoms with Gasteiger partial charge in [0.2, 0.25) is 5.89 Å². The van der Waals surface area contributed by atoms with Gasteiger partial charge in [-0.15, -0.1) is 0 Å². The SMILES string of the molecule is COC(=O)c1cc(CNCc2ncc(C)o2)oc1C. The molecule has 6 nitrogen and oxygen atoms in total. The molecule has 2 heterocycles. The maximum Gasteiger partial charge on any atom is 0.341 e. The molecule has 0 atom stereocenters. The van der Waals surface area contributed by atoms with Crippen molar-refractivity contribution in [3.63, 3.8) is 0 Å². The Bertz CT molecular complexity index is 571. The van der Waals surface area contributed by atoms with Gasteiger partial charge in [-0.25, -0.2) is 9.78 Å².